The largest absolute Gasteiger partial charge is 0.485 e. The number of nitrogens with zero attached hydrogens (tertiary/aromatic N) is 3. The third-order valence-corrected chi connectivity index (χ3v) is 4.41. The Morgan fingerprint density at radius 3 is 2.57 bits per heavy atom. The molecule has 23 heavy (non-hydrogen) atoms. The van der Waals surface area contributed by atoms with Crippen LogP contribution in [0.4, 0.5) is 0 Å². The van der Waals surface area contributed by atoms with Gasteiger partial charge in [-0.15, -0.1) is 0 Å². The SMILES string of the molecule is Cc1cc(C)cc(OCc2noc(CN(C)C3CCCC3)n2)c1. The molecule has 1 fully saturated rings. The summed E-state index contributed by atoms with van der Waals surface area (Å²) >= 11 is 0. The van der Waals surface area contributed by atoms with Crippen LogP contribution in [0, 0.1) is 13.8 Å². The summed E-state index contributed by atoms with van der Waals surface area (Å²) in [5.41, 5.74) is 2.37. The molecule has 1 aliphatic carbocycles. The van der Waals surface area contributed by atoms with E-state index < -0.39 is 0 Å². The van der Waals surface area contributed by atoms with Crippen LogP contribution in [0.25, 0.3) is 0 Å². The summed E-state index contributed by atoms with van der Waals surface area (Å²) in [6.07, 6.45) is 5.20. The highest BCUT2D eigenvalue weighted by atomic mass is 16.5. The van der Waals surface area contributed by atoms with Crippen LogP contribution in [0.2, 0.25) is 0 Å². The lowest BCUT2D eigenvalue weighted by atomic mass is 10.1. The number of benzene rings is 1. The maximum absolute atomic E-state index is 5.77. The van der Waals surface area contributed by atoms with Crippen LogP contribution in [0.1, 0.15) is 48.5 Å². The molecule has 0 radical (unpaired) electrons. The number of aryl methyl sites for hydroxylation is 2. The first kappa shape index (κ1) is 16.0. The highest BCUT2D eigenvalue weighted by Crippen LogP contribution is 2.23. The minimum Gasteiger partial charge on any atom is -0.485 e. The molecule has 2 aromatic rings. The summed E-state index contributed by atoms with van der Waals surface area (Å²) in [7, 11) is 2.13. The van der Waals surface area contributed by atoms with E-state index in [1.807, 2.05) is 12.1 Å². The highest BCUT2D eigenvalue weighted by Gasteiger charge is 2.21. The average molecular weight is 315 g/mol. The number of aromatic nitrogens is 2. The van der Waals surface area contributed by atoms with Crippen molar-refractivity contribution in [2.75, 3.05) is 7.05 Å². The Hall–Kier alpha value is -1.88. The first-order valence-electron chi connectivity index (χ1n) is 8.33. The Balaban J connectivity index is 1.54. The normalized spacial score (nSPS) is 15.5. The van der Waals surface area contributed by atoms with E-state index in [4.69, 9.17) is 9.26 Å². The van der Waals surface area contributed by atoms with Crippen LogP contribution in [-0.2, 0) is 13.2 Å². The molecule has 0 unspecified atom stereocenters. The van der Waals surface area contributed by atoms with Crippen molar-refractivity contribution in [3.8, 4) is 5.75 Å². The van der Waals surface area contributed by atoms with Crippen LogP contribution in [0.3, 0.4) is 0 Å². The van der Waals surface area contributed by atoms with E-state index in [-0.39, 0.29) is 0 Å². The van der Waals surface area contributed by atoms with Gasteiger partial charge in [-0.25, -0.2) is 0 Å². The quantitative estimate of drug-likeness (QED) is 0.814. The smallest absolute Gasteiger partial charge is 0.240 e. The first-order valence-corrected chi connectivity index (χ1v) is 8.33. The third kappa shape index (κ3) is 4.32. The van der Waals surface area contributed by atoms with Gasteiger partial charge in [0.2, 0.25) is 11.7 Å². The molecule has 0 saturated heterocycles. The first-order chi connectivity index (χ1) is 11.1. The van der Waals surface area contributed by atoms with Crippen molar-refractivity contribution >= 4 is 0 Å². The molecule has 5 heteroatoms. The van der Waals surface area contributed by atoms with Gasteiger partial charge < -0.3 is 9.26 Å². The van der Waals surface area contributed by atoms with Crippen molar-refractivity contribution in [1.29, 1.82) is 0 Å². The summed E-state index contributed by atoms with van der Waals surface area (Å²) in [6.45, 7) is 5.16. The fourth-order valence-electron chi connectivity index (χ4n) is 3.26. The maximum Gasteiger partial charge on any atom is 0.240 e. The zero-order chi connectivity index (χ0) is 16.2. The Morgan fingerprint density at radius 1 is 1.17 bits per heavy atom. The summed E-state index contributed by atoms with van der Waals surface area (Å²) in [5.74, 6) is 2.11. The number of ether oxygens (including phenoxy) is 1. The number of rotatable bonds is 6. The fourth-order valence-corrected chi connectivity index (χ4v) is 3.26. The van der Waals surface area contributed by atoms with Gasteiger partial charge in [0, 0.05) is 6.04 Å². The van der Waals surface area contributed by atoms with Gasteiger partial charge in [-0.2, -0.15) is 4.98 Å². The second-order valence-electron chi connectivity index (χ2n) is 6.57. The van der Waals surface area contributed by atoms with Gasteiger partial charge in [0.1, 0.15) is 5.75 Å². The Kier molecular flexibility index (Phi) is 4.96. The van der Waals surface area contributed by atoms with E-state index in [1.165, 1.54) is 36.8 Å². The molecule has 1 aromatic heterocycles. The minimum atomic E-state index is 0.333. The predicted octanol–water partition coefficient (Wildman–Crippen LogP) is 3.64. The monoisotopic (exact) mass is 315 g/mol. The lowest BCUT2D eigenvalue weighted by molar-refractivity contribution is 0.205. The van der Waals surface area contributed by atoms with E-state index in [2.05, 4.69) is 42.0 Å². The predicted molar refractivity (Wildman–Crippen MR) is 88.3 cm³/mol. The molecule has 1 heterocycles. The lowest BCUT2D eigenvalue weighted by Crippen LogP contribution is -2.28. The molecule has 3 rings (SSSR count). The second-order valence-corrected chi connectivity index (χ2v) is 6.57. The molecular formula is C18H25N3O2. The second kappa shape index (κ2) is 7.13. The minimum absolute atomic E-state index is 0.333. The van der Waals surface area contributed by atoms with Crippen LogP contribution >= 0.6 is 0 Å². The average Bonchev–Trinajstić information content (AvgIpc) is 3.15. The third-order valence-electron chi connectivity index (χ3n) is 4.41. The van der Waals surface area contributed by atoms with Gasteiger partial charge in [0.25, 0.3) is 0 Å². The molecule has 0 N–H and O–H groups in total. The van der Waals surface area contributed by atoms with Crippen LogP contribution < -0.4 is 4.74 Å². The fraction of sp³-hybridized carbons (Fsp3) is 0.556. The lowest BCUT2D eigenvalue weighted by Gasteiger charge is -2.21. The van der Waals surface area contributed by atoms with Gasteiger partial charge >= 0.3 is 0 Å². The Morgan fingerprint density at radius 2 is 1.87 bits per heavy atom. The molecule has 5 nitrogen and oxygen atoms in total. The molecule has 0 atom stereocenters. The van der Waals surface area contributed by atoms with Gasteiger partial charge in [-0.05, 0) is 57.0 Å². The molecule has 1 aliphatic rings. The van der Waals surface area contributed by atoms with E-state index >= 15 is 0 Å². The summed E-state index contributed by atoms with van der Waals surface area (Å²) < 4.78 is 11.1. The summed E-state index contributed by atoms with van der Waals surface area (Å²) in [6, 6.07) is 6.80. The van der Waals surface area contributed by atoms with Crippen LogP contribution in [0.15, 0.2) is 22.7 Å². The zero-order valence-corrected chi connectivity index (χ0v) is 14.2. The molecule has 0 amide bonds. The van der Waals surface area contributed by atoms with Crippen molar-refractivity contribution in [2.24, 2.45) is 0 Å². The van der Waals surface area contributed by atoms with Crippen LogP contribution in [-0.4, -0.2) is 28.1 Å². The number of hydrogen-bond acceptors (Lipinski definition) is 5. The molecule has 0 spiro atoms. The Labute approximate surface area is 137 Å². The molecule has 0 bridgehead atoms. The molecule has 0 aliphatic heterocycles. The Bertz CT molecular complexity index is 627. The van der Waals surface area contributed by atoms with Crippen molar-refractivity contribution in [2.45, 2.75) is 58.7 Å². The van der Waals surface area contributed by atoms with E-state index in [0.717, 1.165) is 5.75 Å². The highest BCUT2D eigenvalue weighted by molar-refractivity contribution is 5.32. The summed E-state index contributed by atoms with van der Waals surface area (Å²) in [4.78, 5) is 6.75. The maximum atomic E-state index is 5.77. The van der Waals surface area contributed by atoms with Gasteiger partial charge in [0.05, 0.1) is 6.54 Å². The summed E-state index contributed by atoms with van der Waals surface area (Å²) in [5, 5.41) is 4.02. The molecule has 124 valence electrons. The molecule has 1 saturated carbocycles. The zero-order valence-electron chi connectivity index (χ0n) is 14.2. The van der Waals surface area contributed by atoms with Crippen LogP contribution in [0.5, 0.6) is 5.75 Å². The van der Waals surface area contributed by atoms with Gasteiger partial charge in [0.15, 0.2) is 6.61 Å². The van der Waals surface area contributed by atoms with Crippen molar-refractivity contribution in [3.63, 3.8) is 0 Å². The van der Waals surface area contributed by atoms with Crippen molar-refractivity contribution in [1.82, 2.24) is 15.0 Å². The molecular weight excluding hydrogens is 290 g/mol. The van der Waals surface area contributed by atoms with E-state index in [1.54, 1.807) is 0 Å². The van der Waals surface area contributed by atoms with Crippen molar-refractivity contribution in [3.05, 3.63) is 41.0 Å². The topological polar surface area (TPSA) is 51.4 Å². The van der Waals surface area contributed by atoms with Gasteiger partial charge in [-0.1, -0.05) is 24.1 Å². The van der Waals surface area contributed by atoms with Gasteiger partial charge in [-0.3, -0.25) is 4.90 Å². The van der Waals surface area contributed by atoms with Crippen molar-refractivity contribution < 1.29 is 9.26 Å². The number of hydrogen-bond donors (Lipinski definition) is 0. The van der Waals surface area contributed by atoms with E-state index in [9.17, 15) is 0 Å². The van der Waals surface area contributed by atoms with E-state index in [0.29, 0.717) is 30.9 Å². The molecule has 1 aromatic carbocycles. The standard InChI is InChI=1S/C18H25N3O2/c1-13-8-14(2)10-16(9-13)22-12-17-19-18(23-20-17)11-21(3)15-6-4-5-7-15/h8-10,15H,4-7,11-12H2,1-3H3.